The Labute approximate surface area is 153 Å². The van der Waals surface area contributed by atoms with E-state index in [9.17, 15) is 0 Å². The number of benzene rings is 4. The molecule has 0 bridgehead atoms. The highest BCUT2D eigenvalue weighted by Crippen LogP contribution is 2.39. The summed E-state index contributed by atoms with van der Waals surface area (Å²) in [4.78, 5) is 0. The molecule has 0 fully saturated rings. The van der Waals surface area contributed by atoms with Gasteiger partial charge >= 0.3 is 0 Å². The van der Waals surface area contributed by atoms with E-state index in [0.717, 1.165) is 0 Å². The van der Waals surface area contributed by atoms with Crippen LogP contribution in [0.3, 0.4) is 0 Å². The van der Waals surface area contributed by atoms with Gasteiger partial charge in [0.2, 0.25) is 0 Å². The van der Waals surface area contributed by atoms with Crippen molar-refractivity contribution in [1.82, 2.24) is 4.57 Å². The second-order valence-electron chi connectivity index (χ2n) is 6.71. The van der Waals surface area contributed by atoms with Crippen LogP contribution in [0.1, 0.15) is 5.56 Å². The number of para-hydroxylation sites is 2. The summed E-state index contributed by atoms with van der Waals surface area (Å²) >= 11 is 0. The average molecular weight is 333 g/mol. The van der Waals surface area contributed by atoms with Gasteiger partial charge < -0.3 is 4.57 Å². The van der Waals surface area contributed by atoms with Gasteiger partial charge in [0, 0.05) is 22.0 Å². The SMILES string of the molecule is Cc1ccc2c3ccccc3n(-c3ccccc3)c2c1-c1ccccc1. The fourth-order valence-electron chi connectivity index (χ4n) is 3.97. The number of rotatable bonds is 2. The summed E-state index contributed by atoms with van der Waals surface area (Å²) in [6, 6.07) is 34.5. The van der Waals surface area contributed by atoms with Crippen LogP contribution in [0.15, 0.2) is 97.1 Å². The predicted molar refractivity (Wildman–Crippen MR) is 111 cm³/mol. The summed E-state index contributed by atoms with van der Waals surface area (Å²) in [5.74, 6) is 0. The summed E-state index contributed by atoms with van der Waals surface area (Å²) in [5.41, 5.74) is 7.59. The quantitative estimate of drug-likeness (QED) is 0.336. The maximum absolute atomic E-state index is 2.40. The fourth-order valence-corrected chi connectivity index (χ4v) is 3.97. The molecule has 1 nitrogen and oxygen atoms in total. The maximum Gasteiger partial charge on any atom is 0.0622 e. The van der Waals surface area contributed by atoms with Gasteiger partial charge in [-0.15, -0.1) is 0 Å². The lowest BCUT2D eigenvalue weighted by Crippen LogP contribution is -1.96. The van der Waals surface area contributed by atoms with Crippen LogP contribution in [0.25, 0.3) is 38.6 Å². The number of aromatic nitrogens is 1. The lowest BCUT2D eigenvalue weighted by Gasteiger charge is -2.13. The molecule has 26 heavy (non-hydrogen) atoms. The van der Waals surface area contributed by atoms with Crippen LogP contribution in [0.2, 0.25) is 0 Å². The Kier molecular flexibility index (Phi) is 3.39. The number of aryl methyl sites for hydroxylation is 1. The normalized spacial score (nSPS) is 11.3. The fraction of sp³-hybridized carbons (Fsp3) is 0.0400. The molecule has 0 saturated carbocycles. The molecule has 0 aliphatic rings. The van der Waals surface area contributed by atoms with Gasteiger partial charge in [-0.3, -0.25) is 0 Å². The summed E-state index contributed by atoms with van der Waals surface area (Å²) in [6.45, 7) is 2.20. The molecule has 5 rings (SSSR count). The van der Waals surface area contributed by atoms with Crippen molar-refractivity contribution in [1.29, 1.82) is 0 Å². The second kappa shape index (κ2) is 5.89. The van der Waals surface area contributed by atoms with E-state index >= 15 is 0 Å². The van der Waals surface area contributed by atoms with Gasteiger partial charge in [-0.2, -0.15) is 0 Å². The molecule has 1 aromatic heterocycles. The third-order valence-corrected chi connectivity index (χ3v) is 5.12. The first-order valence-electron chi connectivity index (χ1n) is 8.98. The molecule has 0 saturated heterocycles. The molecule has 1 heteroatoms. The molecule has 0 amide bonds. The molecule has 4 aromatic carbocycles. The van der Waals surface area contributed by atoms with Crippen LogP contribution < -0.4 is 0 Å². The maximum atomic E-state index is 2.40. The highest BCUT2D eigenvalue weighted by Gasteiger charge is 2.17. The molecule has 0 spiro atoms. The minimum atomic E-state index is 1.20. The Morgan fingerprint density at radius 1 is 0.577 bits per heavy atom. The zero-order valence-corrected chi connectivity index (χ0v) is 14.7. The molecule has 124 valence electrons. The summed E-state index contributed by atoms with van der Waals surface area (Å²) < 4.78 is 2.40. The van der Waals surface area contributed by atoms with Crippen LogP contribution in [-0.4, -0.2) is 4.57 Å². The topological polar surface area (TPSA) is 4.93 Å². The first kappa shape index (κ1) is 15.0. The van der Waals surface area contributed by atoms with Crippen LogP contribution >= 0.6 is 0 Å². The molecule has 0 atom stereocenters. The molecular formula is C25H19N. The highest BCUT2D eigenvalue weighted by molar-refractivity contribution is 6.14. The van der Waals surface area contributed by atoms with Crippen molar-refractivity contribution in [2.45, 2.75) is 6.92 Å². The summed E-state index contributed by atoms with van der Waals surface area (Å²) in [7, 11) is 0. The van der Waals surface area contributed by atoms with Gasteiger partial charge in [0.05, 0.1) is 11.0 Å². The van der Waals surface area contributed by atoms with E-state index in [1.54, 1.807) is 0 Å². The van der Waals surface area contributed by atoms with Crippen molar-refractivity contribution in [3.63, 3.8) is 0 Å². The smallest absolute Gasteiger partial charge is 0.0622 e. The number of hydrogen-bond acceptors (Lipinski definition) is 0. The van der Waals surface area contributed by atoms with Crippen molar-refractivity contribution in [3.8, 4) is 16.8 Å². The third-order valence-electron chi connectivity index (χ3n) is 5.12. The van der Waals surface area contributed by atoms with Crippen LogP contribution in [0.4, 0.5) is 0 Å². The Bertz CT molecular complexity index is 1210. The van der Waals surface area contributed by atoms with Crippen molar-refractivity contribution >= 4 is 21.8 Å². The van der Waals surface area contributed by atoms with Crippen LogP contribution in [-0.2, 0) is 0 Å². The molecule has 0 aliphatic carbocycles. The number of nitrogens with zero attached hydrogens (tertiary/aromatic N) is 1. The van der Waals surface area contributed by atoms with E-state index in [0.29, 0.717) is 0 Å². The van der Waals surface area contributed by atoms with Crippen LogP contribution in [0.5, 0.6) is 0 Å². The summed E-state index contributed by atoms with van der Waals surface area (Å²) in [5, 5.41) is 2.59. The average Bonchev–Trinajstić information content (AvgIpc) is 3.03. The minimum absolute atomic E-state index is 1.20. The van der Waals surface area contributed by atoms with Gasteiger partial charge in [-0.25, -0.2) is 0 Å². The van der Waals surface area contributed by atoms with E-state index in [1.807, 2.05) is 0 Å². The number of hydrogen-bond donors (Lipinski definition) is 0. The van der Waals surface area contributed by atoms with Crippen molar-refractivity contribution in [3.05, 3.63) is 103 Å². The Hall–Kier alpha value is -3.32. The van der Waals surface area contributed by atoms with Gasteiger partial charge in [0.1, 0.15) is 0 Å². The molecule has 0 radical (unpaired) electrons. The van der Waals surface area contributed by atoms with Crippen molar-refractivity contribution < 1.29 is 0 Å². The zero-order valence-electron chi connectivity index (χ0n) is 14.7. The van der Waals surface area contributed by atoms with E-state index in [1.165, 1.54) is 44.2 Å². The third kappa shape index (κ3) is 2.18. The van der Waals surface area contributed by atoms with E-state index in [2.05, 4.69) is 109 Å². The molecule has 0 N–H and O–H groups in total. The van der Waals surface area contributed by atoms with Crippen molar-refractivity contribution in [2.24, 2.45) is 0 Å². The molecule has 5 aromatic rings. The monoisotopic (exact) mass is 333 g/mol. The van der Waals surface area contributed by atoms with Crippen molar-refractivity contribution in [2.75, 3.05) is 0 Å². The largest absolute Gasteiger partial charge is 0.309 e. The molecule has 1 heterocycles. The first-order valence-corrected chi connectivity index (χ1v) is 8.98. The van der Waals surface area contributed by atoms with Gasteiger partial charge in [0.15, 0.2) is 0 Å². The Balaban J connectivity index is 2.03. The van der Waals surface area contributed by atoms with Gasteiger partial charge in [-0.05, 0) is 36.2 Å². The summed E-state index contributed by atoms with van der Waals surface area (Å²) in [6.07, 6.45) is 0. The van der Waals surface area contributed by atoms with E-state index in [4.69, 9.17) is 0 Å². The lowest BCUT2D eigenvalue weighted by atomic mass is 9.97. The first-order chi connectivity index (χ1) is 12.8. The number of fused-ring (bicyclic) bond motifs is 3. The predicted octanol–water partition coefficient (Wildman–Crippen LogP) is 6.76. The second-order valence-corrected chi connectivity index (χ2v) is 6.71. The Morgan fingerprint density at radius 2 is 1.23 bits per heavy atom. The zero-order chi connectivity index (χ0) is 17.5. The standard InChI is InChI=1S/C25H19N/c1-18-16-17-22-21-14-8-9-15-23(21)26(20-12-6-3-7-13-20)25(22)24(18)19-10-4-2-5-11-19/h2-17H,1H3. The van der Waals surface area contributed by atoms with E-state index < -0.39 is 0 Å². The van der Waals surface area contributed by atoms with Crippen LogP contribution in [0, 0.1) is 6.92 Å². The Morgan fingerprint density at radius 3 is 2.00 bits per heavy atom. The van der Waals surface area contributed by atoms with E-state index in [-0.39, 0.29) is 0 Å². The van der Waals surface area contributed by atoms with Gasteiger partial charge in [0.25, 0.3) is 0 Å². The molecule has 0 aliphatic heterocycles. The minimum Gasteiger partial charge on any atom is -0.309 e. The molecular weight excluding hydrogens is 314 g/mol. The van der Waals surface area contributed by atoms with Gasteiger partial charge in [-0.1, -0.05) is 78.9 Å². The molecule has 0 unspecified atom stereocenters. The lowest BCUT2D eigenvalue weighted by molar-refractivity contribution is 1.18. The highest BCUT2D eigenvalue weighted by atomic mass is 15.0.